The van der Waals surface area contributed by atoms with Crippen LogP contribution in [0.25, 0.3) is 0 Å². The molecule has 0 amide bonds. The molecule has 1 atom stereocenters. The molecule has 1 fully saturated rings. The van der Waals surface area contributed by atoms with Gasteiger partial charge in [0.05, 0.1) is 18.7 Å². The van der Waals surface area contributed by atoms with Gasteiger partial charge in [-0.25, -0.2) is 0 Å². The smallest absolute Gasteiger partial charge is 0.140 e. The van der Waals surface area contributed by atoms with E-state index < -0.39 is 0 Å². The predicted octanol–water partition coefficient (Wildman–Crippen LogP) is 2.91. The van der Waals surface area contributed by atoms with Crippen LogP contribution in [0.3, 0.4) is 0 Å². The van der Waals surface area contributed by atoms with Gasteiger partial charge in [0.15, 0.2) is 0 Å². The first kappa shape index (κ1) is 11.5. The Morgan fingerprint density at radius 3 is 2.38 bits per heavy atom. The molecule has 0 N–H and O–H groups in total. The monoisotopic (exact) mass is 284 g/mol. The van der Waals surface area contributed by atoms with Gasteiger partial charge in [-0.3, -0.25) is 4.79 Å². The van der Waals surface area contributed by atoms with Crippen LogP contribution in [0.5, 0.6) is 11.5 Å². The summed E-state index contributed by atoms with van der Waals surface area (Å²) >= 11 is 3.42. The lowest BCUT2D eigenvalue weighted by Gasteiger charge is -2.26. The van der Waals surface area contributed by atoms with Crippen LogP contribution in [0.1, 0.15) is 24.3 Å². The minimum atomic E-state index is -0.00263. The van der Waals surface area contributed by atoms with Gasteiger partial charge in [-0.05, 0) is 28.4 Å². The highest BCUT2D eigenvalue weighted by molar-refractivity contribution is 9.10. The third kappa shape index (κ3) is 1.82. The van der Waals surface area contributed by atoms with Crippen molar-refractivity contribution in [3.05, 3.63) is 22.2 Å². The number of rotatable bonds is 3. The SMILES string of the molecule is COc1cc(OC)c(C2CCC2=O)cc1Br. The number of hydrogen-bond donors (Lipinski definition) is 0. The Morgan fingerprint density at radius 2 is 1.94 bits per heavy atom. The Labute approximate surface area is 103 Å². The van der Waals surface area contributed by atoms with Crippen molar-refractivity contribution in [1.82, 2.24) is 0 Å². The number of benzene rings is 1. The maximum absolute atomic E-state index is 11.5. The van der Waals surface area contributed by atoms with E-state index in [9.17, 15) is 4.79 Å². The fourth-order valence-corrected chi connectivity index (χ4v) is 2.41. The molecule has 0 aliphatic heterocycles. The molecule has 1 unspecified atom stereocenters. The number of hydrogen-bond acceptors (Lipinski definition) is 3. The fraction of sp³-hybridized carbons (Fsp3) is 0.417. The molecule has 3 nitrogen and oxygen atoms in total. The van der Waals surface area contributed by atoms with E-state index >= 15 is 0 Å². The van der Waals surface area contributed by atoms with E-state index in [4.69, 9.17) is 9.47 Å². The molecule has 0 heterocycles. The first-order valence-corrected chi connectivity index (χ1v) is 5.90. The van der Waals surface area contributed by atoms with E-state index in [0.29, 0.717) is 12.2 Å². The second-order valence-electron chi connectivity index (χ2n) is 3.79. The van der Waals surface area contributed by atoms with Crippen molar-refractivity contribution in [3.8, 4) is 11.5 Å². The number of ketones is 1. The molecule has 0 radical (unpaired) electrons. The summed E-state index contributed by atoms with van der Waals surface area (Å²) in [6.07, 6.45) is 1.59. The Hall–Kier alpha value is -1.03. The Bertz CT molecular complexity index is 429. The highest BCUT2D eigenvalue weighted by atomic mass is 79.9. The summed E-state index contributed by atoms with van der Waals surface area (Å²) < 4.78 is 11.3. The zero-order chi connectivity index (χ0) is 11.7. The van der Waals surface area contributed by atoms with Crippen molar-refractivity contribution in [2.24, 2.45) is 0 Å². The zero-order valence-corrected chi connectivity index (χ0v) is 10.8. The summed E-state index contributed by atoms with van der Waals surface area (Å²) in [6.45, 7) is 0. The van der Waals surface area contributed by atoms with Gasteiger partial charge < -0.3 is 9.47 Å². The summed E-state index contributed by atoms with van der Waals surface area (Å²) in [5.41, 5.74) is 0.950. The lowest BCUT2D eigenvalue weighted by molar-refractivity contribution is -0.125. The van der Waals surface area contributed by atoms with E-state index in [-0.39, 0.29) is 11.7 Å². The molecular formula is C12H13BrO3. The van der Waals surface area contributed by atoms with E-state index in [1.165, 1.54) is 0 Å². The van der Waals surface area contributed by atoms with Gasteiger partial charge >= 0.3 is 0 Å². The van der Waals surface area contributed by atoms with Crippen molar-refractivity contribution < 1.29 is 14.3 Å². The number of carbonyl (C=O) groups is 1. The standard InChI is InChI=1S/C12H13BrO3/c1-15-11-6-12(16-2)9(13)5-8(11)7-3-4-10(7)14/h5-7H,3-4H2,1-2H3. The first-order chi connectivity index (χ1) is 7.67. The fourth-order valence-electron chi connectivity index (χ4n) is 1.89. The second kappa shape index (κ2) is 4.45. The molecule has 0 saturated heterocycles. The largest absolute Gasteiger partial charge is 0.496 e. The lowest BCUT2D eigenvalue weighted by Crippen LogP contribution is -2.23. The maximum Gasteiger partial charge on any atom is 0.140 e. The number of methoxy groups -OCH3 is 2. The number of halogens is 1. The van der Waals surface area contributed by atoms with Crippen LogP contribution in [-0.4, -0.2) is 20.0 Å². The normalized spacial score (nSPS) is 19.2. The van der Waals surface area contributed by atoms with Gasteiger partial charge in [-0.2, -0.15) is 0 Å². The summed E-state index contributed by atoms with van der Waals surface area (Å²) in [5, 5.41) is 0. The minimum Gasteiger partial charge on any atom is -0.496 e. The van der Waals surface area contributed by atoms with Crippen LogP contribution >= 0.6 is 15.9 Å². The van der Waals surface area contributed by atoms with Crippen molar-refractivity contribution in [2.45, 2.75) is 18.8 Å². The molecule has 0 bridgehead atoms. The number of carbonyl (C=O) groups excluding carboxylic acids is 1. The topological polar surface area (TPSA) is 35.5 Å². The summed E-state index contributed by atoms with van der Waals surface area (Å²) in [5.74, 6) is 1.72. The van der Waals surface area contributed by atoms with Crippen LogP contribution in [-0.2, 0) is 4.79 Å². The van der Waals surface area contributed by atoms with Gasteiger partial charge in [0.1, 0.15) is 17.3 Å². The van der Waals surface area contributed by atoms with Crippen molar-refractivity contribution in [3.63, 3.8) is 0 Å². The van der Waals surface area contributed by atoms with Gasteiger partial charge in [-0.15, -0.1) is 0 Å². The highest BCUT2D eigenvalue weighted by Crippen LogP contribution is 2.42. The molecule has 1 aliphatic carbocycles. The summed E-state index contributed by atoms with van der Waals surface area (Å²) in [7, 11) is 3.21. The van der Waals surface area contributed by atoms with Crippen LogP contribution < -0.4 is 9.47 Å². The molecular weight excluding hydrogens is 272 g/mol. The Kier molecular flexibility index (Phi) is 3.19. The second-order valence-corrected chi connectivity index (χ2v) is 4.64. The van der Waals surface area contributed by atoms with Crippen LogP contribution in [0.2, 0.25) is 0 Å². The van der Waals surface area contributed by atoms with Gasteiger partial charge in [0.2, 0.25) is 0 Å². The molecule has 1 aliphatic rings. The molecule has 16 heavy (non-hydrogen) atoms. The number of Topliss-reactive ketones (excluding diaryl/α,β-unsaturated/α-hetero) is 1. The average Bonchev–Trinajstić information content (AvgIpc) is 2.27. The zero-order valence-electron chi connectivity index (χ0n) is 9.25. The van der Waals surface area contributed by atoms with E-state index in [2.05, 4.69) is 15.9 Å². The van der Waals surface area contributed by atoms with Gasteiger partial charge in [0, 0.05) is 24.0 Å². The lowest BCUT2D eigenvalue weighted by atomic mass is 9.78. The first-order valence-electron chi connectivity index (χ1n) is 5.11. The molecule has 0 spiro atoms. The minimum absolute atomic E-state index is 0.00263. The average molecular weight is 285 g/mol. The van der Waals surface area contributed by atoms with E-state index in [1.807, 2.05) is 12.1 Å². The molecule has 1 aromatic carbocycles. The summed E-state index contributed by atoms with van der Waals surface area (Å²) in [6, 6.07) is 3.73. The van der Waals surface area contributed by atoms with E-state index in [1.54, 1.807) is 14.2 Å². The molecule has 0 aromatic heterocycles. The van der Waals surface area contributed by atoms with Crippen LogP contribution in [0.4, 0.5) is 0 Å². The van der Waals surface area contributed by atoms with E-state index in [0.717, 1.165) is 22.2 Å². The van der Waals surface area contributed by atoms with Crippen molar-refractivity contribution in [1.29, 1.82) is 0 Å². The summed E-state index contributed by atoms with van der Waals surface area (Å²) in [4.78, 5) is 11.5. The molecule has 1 aromatic rings. The van der Waals surface area contributed by atoms with Gasteiger partial charge in [-0.1, -0.05) is 0 Å². The Balaban J connectivity index is 2.43. The number of ether oxygens (including phenoxy) is 2. The van der Waals surface area contributed by atoms with Crippen LogP contribution in [0.15, 0.2) is 16.6 Å². The third-order valence-electron chi connectivity index (χ3n) is 2.95. The molecule has 4 heteroatoms. The quantitative estimate of drug-likeness (QED) is 0.856. The molecule has 1 saturated carbocycles. The van der Waals surface area contributed by atoms with Crippen molar-refractivity contribution in [2.75, 3.05) is 14.2 Å². The third-order valence-corrected chi connectivity index (χ3v) is 3.57. The van der Waals surface area contributed by atoms with Crippen molar-refractivity contribution >= 4 is 21.7 Å². The molecule has 2 rings (SSSR count). The molecule has 86 valence electrons. The highest BCUT2D eigenvalue weighted by Gasteiger charge is 2.32. The Morgan fingerprint density at radius 1 is 1.25 bits per heavy atom. The van der Waals surface area contributed by atoms with Gasteiger partial charge in [0.25, 0.3) is 0 Å². The maximum atomic E-state index is 11.5. The van der Waals surface area contributed by atoms with Crippen LogP contribution in [0, 0.1) is 0 Å². The predicted molar refractivity (Wildman–Crippen MR) is 64.2 cm³/mol.